The summed E-state index contributed by atoms with van der Waals surface area (Å²) in [5, 5.41) is 8.18. The Morgan fingerprint density at radius 3 is 2.42 bits per heavy atom. The molecule has 31 heavy (non-hydrogen) atoms. The number of rotatable bonds is 5. The highest BCUT2D eigenvalue weighted by atomic mass is 16.6. The number of para-hydroxylation sites is 1. The molecule has 0 radical (unpaired) electrons. The third-order valence-corrected chi connectivity index (χ3v) is 5.13. The van der Waals surface area contributed by atoms with Crippen molar-refractivity contribution < 1.29 is 28.6 Å². The number of carbonyl (C=O) groups is 3. The fourth-order valence-electron chi connectivity index (χ4n) is 3.65. The van der Waals surface area contributed by atoms with Crippen molar-refractivity contribution in [2.75, 3.05) is 23.8 Å². The highest BCUT2D eigenvalue weighted by Gasteiger charge is 2.50. The van der Waals surface area contributed by atoms with Gasteiger partial charge in [0.15, 0.2) is 11.9 Å². The smallest absolute Gasteiger partial charge is 0.412 e. The van der Waals surface area contributed by atoms with E-state index in [0.717, 1.165) is 0 Å². The van der Waals surface area contributed by atoms with Crippen LogP contribution in [0, 0.1) is 0 Å². The third-order valence-electron chi connectivity index (χ3n) is 5.13. The molecule has 0 bridgehead atoms. The van der Waals surface area contributed by atoms with Crippen molar-refractivity contribution in [2.45, 2.75) is 31.3 Å². The van der Waals surface area contributed by atoms with Crippen LogP contribution in [0.15, 0.2) is 54.6 Å². The van der Waals surface area contributed by atoms with E-state index < -0.39 is 36.5 Å². The van der Waals surface area contributed by atoms with Crippen LogP contribution in [0.2, 0.25) is 0 Å². The molecule has 2 aliphatic rings. The molecule has 4 rings (SSSR count). The summed E-state index contributed by atoms with van der Waals surface area (Å²) in [5.74, 6) is -0.0854. The van der Waals surface area contributed by atoms with Crippen LogP contribution in [-0.4, -0.2) is 55.5 Å². The Kier molecular flexibility index (Phi) is 6.15. The van der Waals surface area contributed by atoms with Crippen molar-refractivity contribution >= 4 is 29.3 Å². The van der Waals surface area contributed by atoms with Gasteiger partial charge in [0.2, 0.25) is 0 Å². The highest BCUT2D eigenvalue weighted by Crippen LogP contribution is 2.29. The van der Waals surface area contributed by atoms with E-state index in [1.165, 1.54) is 6.92 Å². The van der Waals surface area contributed by atoms with Crippen molar-refractivity contribution in [3.05, 3.63) is 60.2 Å². The molecular formula is C22H23N3O6. The molecule has 162 valence electrons. The van der Waals surface area contributed by atoms with Crippen molar-refractivity contribution in [2.24, 2.45) is 0 Å². The fraction of sp³-hybridized carbons (Fsp3) is 0.318. The lowest BCUT2D eigenvalue weighted by atomic mass is 10.1. The first-order valence-electron chi connectivity index (χ1n) is 9.94. The Labute approximate surface area is 179 Å². The van der Waals surface area contributed by atoms with Gasteiger partial charge in [-0.3, -0.25) is 10.1 Å². The molecule has 3 amide bonds. The van der Waals surface area contributed by atoms with Gasteiger partial charge in [-0.1, -0.05) is 30.3 Å². The monoisotopic (exact) mass is 425 g/mol. The number of hydrogen-bond donors (Lipinski definition) is 3. The lowest BCUT2D eigenvalue weighted by Crippen LogP contribution is -2.46. The van der Waals surface area contributed by atoms with E-state index in [2.05, 4.69) is 16.0 Å². The zero-order valence-electron chi connectivity index (χ0n) is 16.9. The summed E-state index contributed by atoms with van der Waals surface area (Å²) in [6.07, 6.45) is -2.06. The molecule has 2 aromatic rings. The normalized spacial score (nSPS) is 24.2. The predicted octanol–water partition coefficient (Wildman–Crippen LogP) is 2.79. The number of carbonyl (C=O) groups excluding carboxylic acids is 3. The molecule has 2 fully saturated rings. The topological polar surface area (TPSA) is 115 Å². The van der Waals surface area contributed by atoms with E-state index in [1.807, 2.05) is 18.2 Å². The van der Waals surface area contributed by atoms with Gasteiger partial charge in [-0.05, 0) is 31.2 Å². The van der Waals surface area contributed by atoms with Gasteiger partial charge in [0, 0.05) is 16.9 Å². The van der Waals surface area contributed by atoms with Crippen molar-refractivity contribution in [3.8, 4) is 0 Å². The first-order valence-corrected chi connectivity index (χ1v) is 9.94. The highest BCUT2D eigenvalue weighted by molar-refractivity contribution is 5.96. The van der Waals surface area contributed by atoms with Crippen LogP contribution in [0.3, 0.4) is 0 Å². The number of ether oxygens (including phenoxy) is 3. The molecule has 0 aromatic heterocycles. The zero-order chi connectivity index (χ0) is 21.8. The lowest BCUT2D eigenvalue weighted by Gasteiger charge is -2.18. The maximum Gasteiger partial charge on any atom is 0.412 e. The standard InChI is InChI=1S/C22H23N3O6/c1-13(26)14-6-5-9-16(10-14)23-21(27)25-17-11-29-20-18(12-30-19(17)20)31-22(28)24-15-7-3-2-4-8-15/h2-10,17-20H,11-12H2,1H3,(H,24,28)(H2,23,25,27). The number of urea groups is 1. The fourth-order valence-corrected chi connectivity index (χ4v) is 3.65. The molecule has 0 saturated carbocycles. The summed E-state index contributed by atoms with van der Waals surface area (Å²) in [6, 6.07) is 14.8. The number of amides is 3. The summed E-state index contributed by atoms with van der Waals surface area (Å²) >= 11 is 0. The molecular weight excluding hydrogens is 402 g/mol. The second-order valence-corrected chi connectivity index (χ2v) is 7.37. The average Bonchev–Trinajstić information content (AvgIpc) is 3.32. The van der Waals surface area contributed by atoms with E-state index in [1.54, 1.807) is 36.4 Å². The Hall–Kier alpha value is -3.43. The van der Waals surface area contributed by atoms with Crippen molar-refractivity contribution in [3.63, 3.8) is 0 Å². The summed E-state index contributed by atoms with van der Waals surface area (Å²) in [5.41, 5.74) is 1.64. The molecule has 3 N–H and O–H groups in total. The summed E-state index contributed by atoms with van der Waals surface area (Å²) < 4.78 is 16.9. The molecule has 0 spiro atoms. The molecule has 2 heterocycles. The van der Waals surface area contributed by atoms with Gasteiger partial charge in [0.25, 0.3) is 0 Å². The van der Waals surface area contributed by atoms with Crippen LogP contribution >= 0.6 is 0 Å². The number of anilines is 2. The Morgan fingerprint density at radius 1 is 0.903 bits per heavy atom. The number of benzene rings is 2. The largest absolute Gasteiger partial charge is 0.441 e. The van der Waals surface area contributed by atoms with Crippen molar-refractivity contribution in [1.29, 1.82) is 0 Å². The second-order valence-electron chi connectivity index (χ2n) is 7.37. The number of ketones is 1. The maximum atomic E-state index is 12.4. The van der Waals surface area contributed by atoms with Crippen LogP contribution in [-0.2, 0) is 14.2 Å². The first kappa shape index (κ1) is 20.8. The van der Waals surface area contributed by atoms with Gasteiger partial charge in [-0.25, -0.2) is 9.59 Å². The van der Waals surface area contributed by atoms with Crippen LogP contribution in [0.1, 0.15) is 17.3 Å². The molecule has 0 aliphatic carbocycles. The van der Waals surface area contributed by atoms with Gasteiger partial charge in [-0.15, -0.1) is 0 Å². The summed E-state index contributed by atoms with van der Waals surface area (Å²) in [4.78, 5) is 36.0. The minimum Gasteiger partial charge on any atom is -0.441 e. The lowest BCUT2D eigenvalue weighted by molar-refractivity contribution is 0.00873. The first-order chi connectivity index (χ1) is 15.0. The van der Waals surface area contributed by atoms with Gasteiger partial charge in [-0.2, -0.15) is 0 Å². The van der Waals surface area contributed by atoms with Gasteiger partial charge in [0.1, 0.15) is 12.2 Å². The van der Waals surface area contributed by atoms with E-state index in [0.29, 0.717) is 16.9 Å². The number of fused-ring (bicyclic) bond motifs is 1. The van der Waals surface area contributed by atoms with E-state index >= 15 is 0 Å². The third kappa shape index (κ3) is 5.01. The zero-order valence-corrected chi connectivity index (χ0v) is 16.9. The maximum absolute atomic E-state index is 12.4. The summed E-state index contributed by atoms with van der Waals surface area (Å²) in [7, 11) is 0. The van der Waals surface area contributed by atoms with Gasteiger partial charge >= 0.3 is 12.1 Å². The minimum absolute atomic E-state index is 0.0854. The van der Waals surface area contributed by atoms with Crippen LogP contribution < -0.4 is 16.0 Å². The molecule has 2 saturated heterocycles. The van der Waals surface area contributed by atoms with Crippen LogP contribution in [0.5, 0.6) is 0 Å². The molecule has 4 atom stereocenters. The predicted molar refractivity (Wildman–Crippen MR) is 112 cm³/mol. The van der Waals surface area contributed by atoms with E-state index in [9.17, 15) is 14.4 Å². The molecule has 2 aromatic carbocycles. The molecule has 4 unspecified atom stereocenters. The molecule has 9 heteroatoms. The van der Waals surface area contributed by atoms with Gasteiger partial charge < -0.3 is 24.8 Å². The van der Waals surface area contributed by atoms with E-state index in [-0.39, 0.29) is 19.0 Å². The Morgan fingerprint density at radius 2 is 1.65 bits per heavy atom. The SMILES string of the molecule is CC(=O)c1cccc(NC(=O)NC2COC3C(OC(=O)Nc4ccccc4)COC23)c1. The minimum atomic E-state index is -0.594. The number of hydrogen-bond acceptors (Lipinski definition) is 6. The Balaban J connectivity index is 1.29. The average molecular weight is 425 g/mol. The van der Waals surface area contributed by atoms with Crippen LogP contribution in [0.25, 0.3) is 0 Å². The second kappa shape index (κ2) is 9.15. The molecule has 2 aliphatic heterocycles. The number of nitrogens with one attached hydrogen (secondary N) is 3. The quantitative estimate of drug-likeness (QED) is 0.635. The Bertz CT molecular complexity index is 967. The molecule has 9 nitrogen and oxygen atoms in total. The van der Waals surface area contributed by atoms with E-state index in [4.69, 9.17) is 14.2 Å². The van der Waals surface area contributed by atoms with Gasteiger partial charge in [0.05, 0.1) is 19.3 Å². The summed E-state index contributed by atoms with van der Waals surface area (Å²) in [6.45, 7) is 1.87. The van der Waals surface area contributed by atoms with Crippen LogP contribution in [0.4, 0.5) is 21.0 Å². The number of Topliss-reactive ketones (excluding diaryl/α,β-unsaturated/α-hetero) is 1. The van der Waals surface area contributed by atoms with Crippen molar-refractivity contribution in [1.82, 2.24) is 5.32 Å².